The average Bonchev–Trinajstić information content (AvgIpc) is 3.39. The summed E-state index contributed by atoms with van der Waals surface area (Å²) < 4.78 is 2.68. The molecule has 0 N–H and O–H groups in total. The Bertz CT molecular complexity index is 2090. The second-order valence-corrected chi connectivity index (χ2v) is 21.9. The van der Waals surface area contributed by atoms with Gasteiger partial charge < -0.3 is 4.57 Å². The first-order valence-electron chi connectivity index (χ1n) is 16.0. The van der Waals surface area contributed by atoms with Gasteiger partial charge in [0.1, 0.15) is 16.1 Å². The molecule has 1 nitrogen and oxygen atoms in total. The lowest BCUT2D eigenvalue weighted by atomic mass is 9.36. The lowest BCUT2D eigenvalue weighted by Gasteiger charge is -2.47. The van der Waals surface area contributed by atoms with Gasteiger partial charge in [0, 0.05) is 16.8 Å². The topological polar surface area (TPSA) is 4.93 Å². The van der Waals surface area contributed by atoms with Crippen LogP contribution in [0.3, 0.4) is 0 Å². The Morgan fingerprint density at radius 3 is 2.05 bits per heavy atom. The molecule has 3 aliphatic rings. The van der Waals surface area contributed by atoms with Crippen LogP contribution < -0.4 is 42.3 Å². The highest BCUT2D eigenvalue weighted by atomic mass is 28.3. The standard InChI is InChI=1S/C39H36BNSi2/c1-42(2)35-23-13-9-19-31(35)40-32-20-10-14-24-36(32)43(3,28-15-5-4-6-16-28)38-26-27(25-37(42)39(38)40)41-33-21-11-7-17-29(33)30-18-8-12-22-34(30)41/h4-7,9-11,13-17,19-21,23-26H,8,12,18,22H2,1-3H3. The summed E-state index contributed by atoms with van der Waals surface area (Å²) in [7, 11) is -4.34. The molecule has 0 saturated carbocycles. The zero-order valence-corrected chi connectivity index (χ0v) is 27.3. The summed E-state index contributed by atoms with van der Waals surface area (Å²) in [5.41, 5.74) is 10.6. The normalized spacial score (nSPS) is 19.4. The zero-order chi connectivity index (χ0) is 28.9. The summed E-state index contributed by atoms with van der Waals surface area (Å²) in [4.78, 5) is 0. The van der Waals surface area contributed by atoms with Gasteiger partial charge in [0.15, 0.2) is 0 Å². The molecule has 43 heavy (non-hydrogen) atoms. The fraction of sp³-hybridized carbons (Fsp3) is 0.179. The maximum atomic E-state index is 2.68. The maximum absolute atomic E-state index is 2.68. The molecule has 1 atom stereocenters. The van der Waals surface area contributed by atoms with Crippen LogP contribution in [0.2, 0.25) is 19.6 Å². The molecule has 0 fully saturated rings. The van der Waals surface area contributed by atoms with Gasteiger partial charge in [-0.3, -0.25) is 0 Å². The van der Waals surface area contributed by atoms with Crippen molar-refractivity contribution in [1.29, 1.82) is 0 Å². The Kier molecular flexibility index (Phi) is 5.41. The molecule has 2 aliphatic heterocycles. The number of fused-ring (bicyclic) bond motifs is 7. The molecule has 0 saturated heterocycles. The van der Waals surface area contributed by atoms with Gasteiger partial charge in [-0.1, -0.05) is 154 Å². The fourth-order valence-electron chi connectivity index (χ4n) is 9.17. The molecule has 1 unspecified atom stereocenters. The van der Waals surface area contributed by atoms with Gasteiger partial charge in [0.05, 0.1) is 5.52 Å². The lowest BCUT2D eigenvalue weighted by Crippen LogP contribution is -2.88. The van der Waals surface area contributed by atoms with Gasteiger partial charge in [0.25, 0.3) is 0 Å². The van der Waals surface area contributed by atoms with Crippen molar-refractivity contribution >= 4 is 76.1 Å². The van der Waals surface area contributed by atoms with Gasteiger partial charge in [-0.25, -0.2) is 0 Å². The number of aryl methyl sites for hydroxylation is 1. The number of rotatable bonds is 2. The minimum absolute atomic E-state index is 0.298. The Morgan fingerprint density at radius 1 is 0.605 bits per heavy atom. The maximum Gasteiger partial charge on any atom is 0.240 e. The van der Waals surface area contributed by atoms with Crippen LogP contribution in [0.15, 0.2) is 115 Å². The van der Waals surface area contributed by atoms with Crippen LogP contribution in [0.25, 0.3) is 16.6 Å². The van der Waals surface area contributed by atoms with Crippen molar-refractivity contribution in [1.82, 2.24) is 4.57 Å². The highest BCUT2D eigenvalue weighted by Crippen LogP contribution is 2.34. The Balaban J connectivity index is 1.45. The number of para-hydroxylation sites is 1. The Labute approximate surface area is 257 Å². The third kappa shape index (κ3) is 3.34. The zero-order valence-electron chi connectivity index (χ0n) is 25.3. The van der Waals surface area contributed by atoms with Crippen molar-refractivity contribution in [2.45, 2.75) is 45.3 Å². The van der Waals surface area contributed by atoms with Gasteiger partial charge in [-0.2, -0.15) is 0 Å². The lowest BCUT2D eigenvalue weighted by molar-refractivity contribution is 0.667. The van der Waals surface area contributed by atoms with Crippen LogP contribution in [0.5, 0.6) is 0 Å². The SMILES string of the molecule is C[Si]1(C)c2ccccc2B2c3ccccc3[Si](C)(c3ccccc3)c3cc(-n4c5c(c6ccccc64)CCCC5)cc1c32. The summed E-state index contributed by atoms with van der Waals surface area (Å²) >= 11 is 0. The van der Waals surface area contributed by atoms with E-state index in [1.54, 1.807) is 42.9 Å². The number of hydrogen-bond acceptors (Lipinski definition) is 0. The molecule has 0 bridgehead atoms. The number of nitrogens with zero attached hydrogens (tertiary/aromatic N) is 1. The van der Waals surface area contributed by atoms with Crippen molar-refractivity contribution in [3.63, 3.8) is 0 Å². The van der Waals surface area contributed by atoms with Crippen LogP contribution in [-0.4, -0.2) is 27.4 Å². The van der Waals surface area contributed by atoms with Crippen LogP contribution >= 0.6 is 0 Å². The fourth-order valence-corrected chi connectivity index (χ4v) is 16.8. The van der Waals surface area contributed by atoms with Crippen molar-refractivity contribution in [2.24, 2.45) is 0 Å². The van der Waals surface area contributed by atoms with Crippen LogP contribution in [0.1, 0.15) is 24.1 Å². The van der Waals surface area contributed by atoms with E-state index in [9.17, 15) is 0 Å². The molecule has 0 spiro atoms. The molecule has 6 aromatic rings. The predicted molar refractivity (Wildman–Crippen MR) is 191 cm³/mol. The van der Waals surface area contributed by atoms with E-state index in [1.807, 2.05) is 0 Å². The van der Waals surface area contributed by atoms with Gasteiger partial charge in [-0.15, -0.1) is 0 Å². The summed E-state index contributed by atoms with van der Waals surface area (Å²) in [6.07, 6.45) is 4.93. The van der Waals surface area contributed by atoms with Crippen LogP contribution in [-0.2, 0) is 12.8 Å². The summed E-state index contributed by atoms with van der Waals surface area (Å²) in [5.74, 6) is 0. The molecule has 1 aromatic heterocycles. The van der Waals surface area contributed by atoms with Crippen molar-refractivity contribution in [3.8, 4) is 5.69 Å². The van der Waals surface area contributed by atoms with Crippen molar-refractivity contribution in [2.75, 3.05) is 0 Å². The van der Waals surface area contributed by atoms with Crippen LogP contribution in [0, 0.1) is 0 Å². The molecule has 1 aliphatic carbocycles. The monoisotopic (exact) mass is 585 g/mol. The molecule has 4 heteroatoms. The molecule has 9 rings (SSSR count). The van der Waals surface area contributed by atoms with E-state index >= 15 is 0 Å². The first kappa shape index (κ1) is 25.6. The Morgan fingerprint density at radius 2 is 1.23 bits per heavy atom. The molecular formula is C39H36BNSi2. The molecule has 0 amide bonds. The minimum Gasteiger partial charge on any atom is -0.313 e. The largest absolute Gasteiger partial charge is 0.313 e. The van der Waals surface area contributed by atoms with Gasteiger partial charge >= 0.3 is 0 Å². The van der Waals surface area contributed by atoms with E-state index in [0.29, 0.717) is 6.71 Å². The number of benzene rings is 5. The third-order valence-electron chi connectivity index (χ3n) is 11.2. The predicted octanol–water partition coefficient (Wildman–Crippen LogP) is 3.57. The third-order valence-corrected chi connectivity index (χ3v) is 19.3. The smallest absolute Gasteiger partial charge is 0.240 e. The van der Waals surface area contributed by atoms with Gasteiger partial charge in [-0.05, 0) is 54.6 Å². The molecule has 0 radical (unpaired) electrons. The second kappa shape index (κ2) is 9.07. The van der Waals surface area contributed by atoms with E-state index < -0.39 is 16.1 Å². The Hall–Kier alpha value is -3.86. The quantitative estimate of drug-likeness (QED) is 0.274. The van der Waals surface area contributed by atoms with Crippen molar-refractivity contribution in [3.05, 3.63) is 127 Å². The van der Waals surface area contributed by atoms with E-state index in [2.05, 4.69) is 139 Å². The average molecular weight is 586 g/mol. The minimum atomic E-state index is -2.33. The first-order valence-corrected chi connectivity index (χ1v) is 21.5. The highest BCUT2D eigenvalue weighted by molar-refractivity contribution is 7.24. The van der Waals surface area contributed by atoms with E-state index in [4.69, 9.17) is 0 Å². The molecule has 3 heterocycles. The second-order valence-electron chi connectivity index (χ2n) is 13.7. The van der Waals surface area contributed by atoms with Gasteiger partial charge in [0.2, 0.25) is 6.71 Å². The van der Waals surface area contributed by atoms with Crippen LogP contribution in [0.4, 0.5) is 0 Å². The molecular weight excluding hydrogens is 549 g/mol. The molecule has 208 valence electrons. The summed E-state index contributed by atoms with van der Waals surface area (Å²) in [5, 5.41) is 9.43. The van der Waals surface area contributed by atoms with E-state index in [1.165, 1.54) is 52.9 Å². The van der Waals surface area contributed by atoms with E-state index in [0.717, 1.165) is 0 Å². The summed E-state index contributed by atoms with van der Waals surface area (Å²) in [6.45, 7) is 8.14. The summed E-state index contributed by atoms with van der Waals surface area (Å²) in [6, 6.07) is 44.9. The van der Waals surface area contributed by atoms with Crippen molar-refractivity contribution < 1.29 is 0 Å². The highest BCUT2D eigenvalue weighted by Gasteiger charge is 2.51. The number of aromatic nitrogens is 1. The molecule has 5 aromatic carbocycles. The number of hydrogen-bond donors (Lipinski definition) is 0. The first-order chi connectivity index (χ1) is 21.0. The van der Waals surface area contributed by atoms with E-state index in [-0.39, 0.29) is 0 Å².